The minimum atomic E-state index is -3.07. The topological polar surface area (TPSA) is 108 Å². The van der Waals surface area contributed by atoms with Crippen molar-refractivity contribution in [3.05, 3.63) is 106 Å². The van der Waals surface area contributed by atoms with Gasteiger partial charge in [0.05, 0.1) is 30.9 Å². The van der Waals surface area contributed by atoms with Crippen molar-refractivity contribution in [3.8, 4) is 34.3 Å². The Bertz CT molecular complexity index is 2090. The Morgan fingerprint density at radius 1 is 0.800 bits per heavy atom. The average molecular weight is 691 g/mol. The number of methoxy groups -OCH3 is 2. The molecule has 10 heteroatoms. The Morgan fingerprint density at radius 3 is 1.96 bits per heavy atom. The Balaban J connectivity index is 1.10. The average Bonchev–Trinajstić information content (AvgIpc) is 3.72. The van der Waals surface area contributed by atoms with Crippen LogP contribution in [0.1, 0.15) is 49.0 Å². The van der Waals surface area contributed by atoms with Gasteiger partial charge in [-0.1, -0.05) is 74.5 Å². The summed E-state index contributed by atoms with van der Waals surface area (Å²) in [5, 5.41) is 6.18. The summed E-state index contributed by atoms with van der Waals surface area (Å²) in [5.41, 5.74) is 1.98. The molecule has 0 saturated carbocycles. The monoisotopic (exact) mass is 690 g/mol. The smallest absolute Gasteiger partial charge is 0.259 e. The molecule has 2 heterocycles. The minimum Gasteiger partial charge on any atom is -0.493 e. The predicted molar refractivity (Wildman–Crippen MR) is 197 cm³/mol. The molecule has 0 amide bonds. The minimum absolute atomic E-state index is 0.0869. The second-order valence-electron chi connectivity index (χ2n) is 13.5. The van der Waals surface area contributed by atoms with Crippen molar-refractivity contribution in [1.82, 2.24) is 9.88 Å². The number of nitrogens with one attached hydrogen (secondary N) is 1. The van der Waals surface area contributed by atoms with Gasteiger partial charge in [0.2, 0.25) is 6.79 Å². The molecule has 7 rings (SSSR count). The molecule has 0 saturated heterocycles. The summed E-state index contributed by atoms with van der Waals surface area (Å²) in [6, 6.07) is 27.1. The van der Waals surface area contributed by atoms with E-state index in [1.54, 1.807) is 28.8 Å². The molecule has 4 aromatic carbocycles. The van der Waals surface area contributed by atoms with Gasteiger partial charge in [-0.15, -0.1) is 0 Å². The summed E-state index contributed by atoms with van der Waals surface area (Å²) < 4.78 is 24.0. The first-order valence-electron chi connectivity index (χ1n) is 17.0. The quantitative estimate of drug-likeness (QED) is 0.125. The van der Waals surface area contributed by atoms with Crippen LogP contribution in [0.25, 0.3) is 22.0 Å². The summed E-state index contributed by atoms with van der Waals surface area (Å²) in [7, 11) is -0.0128. The Morgan fingerprint density at radius 2 is 1.36 bits per heavy atom. The highest BCUT2D eigenvalue weighted by molar-refractivity contribution is 6.98. The van der Waals surface area contributed by atoms with E-state index in [4.69, 9.17) is 18.9 Å². The second kappa shape index (κ2) is 13.4. The van der Waals surface area contributed by atoms with Crippen molar-refractivity contribution in [2.45, 2.75) is 44.7 Å². The van der Waals surface area contributed by atoms with Crippen molar-refractivity contribution >= 4 is 35.2 Å². The third kappa shape index (κ3) is 5.57. The Hall–Kier alpha value is -4.90. The van der Waals surface area contributed by atoms with Crippen LogP contribution in [0, 0.1) is 0 Å². The molecule has 258 valence electrons. The van der Waals surface area contributed by atoms with Gasteiger partial charge in [0.1, 0.15) is 0 Å². The number of carbonyl (C=O) groups excluding carboxylic acids is 1. The van der Waals surface area contributed by atoms with E-state index in [1.807, 2.05) is 36.4 Å². The zero-order valence-electron chi connectivity index (χ0n) is 28.9. The van der Waals surface area contributed by atoms with Gasteiger partial charge in [-0.2, -0.15) is 0 Å². The molecule has 5 aromatic rings. The van der Waals surface area contributed by atoms with Gasteiger partial charge in [-0.3, -0.25) is 9.59 Å². The zero-order chi connectivity index (χ0) is 35.0. The lowest BCUT2D eigenvalue weighted by Crippen LogP contribution is -2.65. The number of hydrogen-bond donors (Lipinski definition) is 2. The normalized spacial score (nSPS) is 13.4. The molecule has 0 atom stereocenters. The van der Waals surface area contributed by atoms with Gasteiger partial charge >= 0.3 is 0 Å². The van der Waals surface area contributed by atoms with Crippen molar-refractivity contribution in [2.75, 3.05) is 34.1 Å². The third-order valence-electron chi connectivity index (χ3n) is 10.3. The molecule has 9 nitrogen and oxygen atoms in total. The van der Waals surface area contributed by atoms with Gasteiger partial charge in [-0.25, -0.2) is 0 Å². The number of hydrogen-bond acceptors (Lipinski definition) is 8. The molecule has 0 unspecified atom stereocenters. The Kier molecular flexibility index (Phi) is 9.02. The van der Waals surface area contributed by atoms with Gasteiger partial charge < -0.3 is 33.6 Å². The number of benzene rings is 4. The molecule has 0 fully saturated rings. The maximum atomic E-state index is 14.2. The van der Waals surface area contributed by atoms with Crippen molar-refractivity contribution < 1.29 is 28.5 Å². The number of pyridine rings is 1. The van der Waals surface area contributed by atoms with Crippen LogP contribution in [0.3, 0.4) is 0 Å². The number of carbonyl (C=O) groups is 1. The van der Waals surface area contributed by atoms with E-state index in [0.29, 0.717) is 75.7 Å². The first kappa shape index (κ1) is 33.6. The number of fused-ring (bicyclic) bond motifs is 6. The number of aromatic nitrogens is 1. The summed E-state index contributed by atoms with van der Waals surface area (Å²) in [5.74, 6) is 1.76. The Labute approximate surface area is 292 Å². The molecule has 1 aliphatic carbocycles. The molecular formula is C40H42N2O7Si. The molecule has 1 aliphatic heterocycles. The molecule has 0 radical (unpaired) electrons. The van der Waals surface area contributed by atoms with Crippen molar-refractivity contribution in [2.24, 2.45) is 0 Å². The predicted octanol–water partition coefficient (Wildman–Crippen LogP) is 5.25. The van der Waals surface area contributed by atoms with Crippen LogP contribution in [0.5, 0.6) is 23.0 Å². The molecule has 2 N–H and O–H groups in total. The zero-order valence-corrected chi connectivity index (χ0v) is 29.9. The lowest BCUT2D eigenvalue weighted by molar-refractivity contribution is 0.104. The number of ketones is 1. The van der Waals surface area contributed by atoms with Crippen LogP contribution in [0.15, 0.2) is 89.7 Å². The maximum Gasteiger partial charge on any atom is 0.259 e. The SMILES string of the molecule is COc1cc2c3c(n(CCCNCCCC(C)(C)[Si](O)(c4ccccc4)c4ccccc4)c(=O)c2cc1OC)-c1cc2c(cc1C3=O)OCO2. The number of rotatable bonds is 13. The lowest BCUT2D eigenvalue weighted by Gasteiger charge is -2.41. The van der Waals surface area contributed by atoms with Crippen LogP contribution < -0.4 is 40.2 Å². The summed E-state index contributed by atoms with van der Waals surface area (Å²) in [6.07, 6.45) is 2.38. The standard InChI is InChI=1S/C40H42N2O7Si/c1-40(2,50(45,26-13-7-5-8-14-26)27-15-9-6-10-16-27)17-11-18-41-19-12-20-42-37-29-22-34-35(49-25-48-34)23-30(29)38(43)36(37)28-21-32(46-3)33(47-4)24-31(28)39(42)44/h5-10,13-16,21-24,41,45H,11-12,17-20,25H2,1-4H3. The molecular weight excluding hydrogens is 649 g/mol. The van der Waals surface area contributed by atoms with E-state index in [9.17, 15) is 14.4 Å². The van der Waals surface area contributed by atoms with E-state index in [0.717, 1.165) is 29.8 Å². The van der Waals surface area contributed by atoms with Crippen LogP contribution in [-0.2, 0) is 6.54 Å². The second-order valence-corrected chi connectivity index (χ2v) is 17.5. The highest BCUT2D eigenvalue weighted by atomic mass is 28.4. The molecule has 1 aromatic heterocycles. The van der Waals surface area contributed by atoms with Crippen LogP contribution in [0.2, 0.25) is 5.04 Å². The summed E-state index contributed by atoms with van der Waals surface area (Å²) in [6.45, 7) is 6.30. The largest absolute Gasteiger partial charge is 0.493 e. The number of ether oxygens (including phenoxy) is 4. The van der Waals surface area contributed by atoms with E-state index >= 15 is 0 Å². The van der Waals surface area contributed by atoms with Gasteiger partial charge in [0, 0.05) is 23.1 Å². The number of nitrogens with zero attached hydrogens (tertiary/aromatic N) is 1. The van der Waals surface area contributed by atoms with Gasteiger partial charge in [0.25, 0.3) is 13.9 Å². The maximum absolute atomic E-state index is 14.2. The molecule has 50 heavy (non-hydrogen) atoms. The van der Waals surface area contributed by atoms with Crippen LogP contribution in [0.4, 0.5) is 0 Å². The van der Waals surface area contributed by atoms with Crippen molar-refractivity contribution in [3.63, 3.8) is 0 Å². The van der Waals surface area contributed by atoms with Crippen LogP contribution in [-0.4, -0.2) is 57.6 Å². The third-order valence-corrected chi connectivity index (χ3v) is 14.8. The van der Waals surface area contributed by atoms with E-state index < -0.39 is 8.32 Å². The molecule has 0 bridgehead atoms. The highest BCUT2D eigenvalue weighted by Crippen LogP contribution is 2.47. The summed E-state index contributed by atoms with van der Waals surface area (Å²) in [4.78, 5) is 40.6. The first-order valence-corrected chi connectivity index (χ1v) is 19.0. The molecule has 2 aliphatic rings. The first-order chi connectivity index (χ1) is 24.2. The van der Waals surface area contributed by atoms with E-state index in [1.165, 1.54) is 14.2 Å². The van der Waals surface area contributed by atoms with Crippen molar-refractivity contribution in [1.29, 1.82) is 0 Å². The fourth-order valence-corrected chi connectivity index (χ4v) is 11.4. The highest BCUT2D eigenvalue weighted by Gasteiger charge is 2.49. The lowest BCUT2D eigenvalue weighted by atomic mass is 10.0. The van der Waals surface area contributed by atoms with E-state index in [-0.39, 0.29) is 23.2 Å². The van der Waals surface area contributed by atoms with Gasteiger partial charge in [0.15, 0.2) is 28.8 Å². The fourth-order valence-electron chi connectivity index (χ4n) is 7.59. The fraction of sp³-hybridized carbons (Fsp3) is 0.300. The molecule has 0 spiro atoms. The summed E-state index contributed by atoms with van der Waals surface area (Å²) >= 11 is 0. The van der Waals surface area contributed by atoms with Crippen LogP contribution >= 0.6 is 0 Å². The van der Waals surface area contributed by atoms with E-state index in [2.05, 4.69) is 43.4 Å². The van der Waals surface area contributed by atoms with Gasteiger partial charge in [-0.05, 0) is 72.0 Å².